The number of rotatable bonds is 77. The predicted molar refractivity (Wildman–Crippen MR) is 425 cm³/mol. The fourth-order valence-electron chi connectivity index (χ4n) is 12.0. The molecule has 0 heterocycles. The molecule has 2 atom stereocenters. The first-order chi connectivity index (χ1) is 48.0. The van der Waals surface area contributed by atoms with Gasteiger partial charge in [-0.2, -0.15) is 0 Å². The first-order valence-electron chi connectivity index (χ1n) is 41.6. The van der Waals surface area contributed by atoms with Crippen molar-refractivity contribution < 1.29 is 42.1 Å². The molecular formula is C88H158NO8P. The smallest absolute Gasteiger partial charge is 0.306 e. The van der Waals surface area contributed by atoms with Gasteiger partial charge in [-0.3, -0.25) is 14.2 Å². The maximum absolute atomic E-state index is 12.9. The van der Waals surface area contributed by atoms with E-state index in [1.165, 1.54) is 257 Å². The highest BCUT2D eigenvalue weighted by molar-refractivity contribution is 7.45. The van der Waals surface area contributed by atoms with Crippen molar-refractivity contribution >= 4 is 19.8 Å². The summed E-state index contributed by atoms with van der Waals surface area (Å²) in [7, 11) is 1.17. The summed E-state index contributed by atoms with van der Waals surface area (Å²) in [4.78, 5) is 38.2. The molecule has 0 aliphatic carbocycles. The molecule has 98 heavy (non-hydrogen) atoms. The molecule has 0 radical (unpaired) electrons. The number of unbranched alkanes of at least 4 members (excludes halogenated alkanes) is 45. The van der Waals surface area contributed by atoms with E-state index in [4.69, 9.17) is 18.5 Å². The van der Waals surface area contributed by atoms with Gasteiger partial charge in [-0.25, -0.2) is 0 Å². The number of hydrogen-bond donors (Lipinski definition) is 0. The lowest BCUT2D eigenvalue weighted by Crippen LogP contribution is -2.37. The van der Waals surface area contributed by atoms with Crippen LogP contribution in [0.2, 0.25) is 0 Å². The fourth-order valence-corrected chi connectivity index (χ4v) is 12.7. The third kappa shape index (κ3) is 81.6. The molecule has 9 nitrogen and oxygen atoms in total. The summed E-state index contributed by atoms with van der Waals surface area (Å²) < 4.78 is 34.4. The molecule has 0 rings (SSSR count). The Kier molecular flexibility index (Phi) is 75.2. The van der Waals surface area contributed by atoms with E-state index >= 15 is 0 Å². The number of phosphoric ester groups is 1. The third-order valence-corrected chi connectivity index (χ3v) is 19.2. The second-order valence-corrected chi connectivity index (χ2v) is 30.5. The minimum absolute atomic E-state index is 0.0342. The zero-order valence-corrected chi connectivity index (χ0v) is 65.9. The molecule has 0 saturated heterocycles. The Balaban J connectivity index is 3.95. The lowest BCUT2D eigenvalue weighted by Gasteiger charge is -2.28. The van der Waals surface area contributed by atoms with Crippen molar-refractivity contribution in [2.75, 3.05) is 47.5 Å². The van der Waals surface area contributed by atoms with Crippen LogP contribution in [0.25, 0.3) is 0 Å². The summed E-state index contributed by atoms with van der Waals surface area (Å²) >= 11 is 0. The number of carbonyl (C=O) groups is 2. The Labute approximate surface area is 607 Å². The van der Waals surface area contributed by atoms with Crippen LogP contribution >= 0.6 is 7.82 Å². The summed E-state index contributed by atoms with van der Waals surface area (Å²) in [6, 6.07) is 0. The average Bonchev–Trinajstić information content (AvgIpc) is 1.08. The van der Waals surface area contributed by atoms with Gasteiger partial charge in [-0.1, -0.05) is 380 Å². The average molecular weight is 1390 g/mol. The van der Waals surface area contributed by atoms with Crippen molar-refractivity contribution in [2.24, 2.45) is 0 Å². The standard InChI is InChI=1S/C88H158NO8P/c1-6-8-10-12-14-16-18-20-22-24-26-28-30-32-34-36-38-40-42-43-44-45-47-48-50-52-54-56-58-60-62-64-66-68-70-72-74-76-78-80-87(90)94-84-86(85-96-98(92,93)95-83-82-89(3,4)5)97-88(91)81-79-77-75-73-71-69-67-65-63-61-59-57-55-53-51-49-46-41-39-37-35-33-31-29-27-25-23-21-19-17-15-13-11-9-7-2/h9,11,15,17,21,23-24,26-27,29,33,35,39,41,49,51,55,57,86H,6-8,10,12-14,16,18-20,22,25,28,30-32,34,36-38,40,42-48,50,52-54,56,58-85H2,1-5H3/b11-9-,17-15-,23-21-,26-24-,29-27-,35-33-,41-39-,51-49-,57-55-. The highest BCUT2D eigenvalue weighted by Crippen LogP contribution is 2.38. The molecule has 0 aliphatic rings. The number of carbonyl (C=O) groups excluding carboxylic acids is 2. The van der Waals surface area contributed by atoms with Crippen LogP contribution in [-0.4, -0.2) is 70.0 Å². The SMILES string of the molecule is CC/C=C\C/C=C\C/C=C\C/C=C\C/C=C\C/C=C\C/C=C\C/C=C\CCCCCCCCCCCCC(=O)OC(COC(=O)CCCCCCCCCCCCCCCCCCCCCCCCCCCCC/C=C\CCCCCCCCCC)COP(=O)([O-])OCC[N+](C)(C)C. The molecule has 2 unspecified atom stereocenters. The predicted octanol–water partition coefficient (Wildman–Crippen LogP) is 27.3. The molecule has 0 fully saturated rings. The normalized spacial score (nSPS) is 13.6. The van der Waals surface area contributed by atoms with E-state index in [0.717, 1.165) is 96.3 Å². The van der Waals surface area contributed by atoms with Gasteiger partial charge in [-0.15, -0.1) is 0 Å². The van der Waals surface area contributed by atoms with E-state index in [1.54, 1.807) is 0 Å². The lowest BCUT2D eigenvalue weighted by atomic mass is 10.0. The van der Waals surface area contributed by atoms with Gasteiger partial charge in [0.1, 0.15) is 19.8 Å². The van der Waals surface area contributed by atoms with E-state index in [0.29, 0.717) is 17.4 Å². The number of ether oxygens (including phenoxy) is 2. The summed E-state index contributed by atoms with van der Waals surface area (Å²) in [6.45, 7) is 4.17. The van der Waals surface area contributed by atoms with Crippen LogP contribution in [0.3, 0.4) is 0 Å². The highest BCUT2D eigenvalue weighted by atomic mass is 31.2. The van der Waals surface area contributed by atoms with Crippen LogP contribution < -0.4 is 4.89 Å². The molecule has 568 valence electrons. The summed E-state index contributed by atoms with van der Waals surface area (Å²) in [5.74, 6) is -0.827. The van der Waals surface area contributed by atoms with Gasteiger partial charge in [0.15, 0.2) is 6.10 Å². The third-order valence-electron chi connectivity index (χ3n) is 18.3. The van der Waals surface area contributed by atoms with Crippen LogP contribution in [0.15, 0.2) is 109 Å². The van der Waals surface area contributed by atoms with Crippen molar-refractivity contribution in [1.29, 1.82) is 0 Å². The van der Waals surface area contributed by atoms with Crippen LogP contribution in [0.1, 0.15) is 386 Å². The second-order valence-electron chi connectivity index (χ2n) is 29.1. The van der Waals surface area contributed by atoms with Crippen LogP contribution in [-0.2, 0) is 32.7 Å². The van der Waals surface area contributed by atoms with Crippen molar-refractivity contribution in [3.8, 4) is 0 Å². The maximum Gasteiger partial charge on any atom is 0.306 e. The fraction of sp³-hybridized carbons (Fsp3) is 0.773. The van der Waals surface area contributed by atoms with Crippen LogP contribution in [0, 0.1) is 0 Å². The number of esters is 2. The van der Waals surface area contributed by atoms with E-state index in [2.05, 4.69) is 123 Å². The first-order valence-corrected chi connectivity index (χ1v) is 43.1. The lowest BCUT2D eigenvalue weighted by molar-refractivity contribution is -0.870. The molecule has 0 aromatic heterocycles. The zero-order valence-electron chi connectivity index (χ0n) is 65.0. The highest BCUT2D eigenvalue weighted by Gasteiger charge is 2.22. The molecule has 0 amide bonds. The zero-order chi connectivity index (χ0) is 71.1. The Bertz CT molecular complexity index is 2030. The molecule has 10 heteroatoms. The summed E-state index contributed by atoms with van der Waals surface area (Å²) in [6.07, 6.45) is 111. The molecule has 0 saturated carbocycles. The molecule has 0 spiro atoms. The van der Waals surface area contributed by atoms with E-state index in [1.807, 2.05) is 21.1 Å². The largest absolute Gasteiger partial charge is 0.756 e. The number of phosphoric acid groups is 1. The van der Waals surface area contributed by atoms with Crippen molar-refractivity contribution in [1.82, 2.24) is 0 Å². The van der Waals surface area contributed by atoms with Gasteiger partial charge < -0.3 is 27.9 Å². The number of likely N-dealkylation sites (N-methyl/N-ethyl adjacent to an activating group) is 1. The Morgan fingerprint density at radius 2 is 0.582 bits per heavy atom. The summed E-state index contributed by atoms with van der Waals surface area (Å²) in [5.41, 5.74) is 0. The Morgan fingerprint density at radius 1 is 0.327 bits per heavy atom. The quantitative estimate of drug-likeness (QED) is 0.0195. The topological polar surface area (TPSA) is 111 Å². The molecule has 0 aromatic rings. The van der Waals surface area contributed by atoms with Gasteiger partial charge in [0.2, 0.25) is 0 Å². The van der Waals surface area contributed by atoms with Crippen LogP contribution in [0.5, 0.6) is 0 Å². The first kappa shape index (κ1) is 94.7. The number of allylic oxidation sites excluding steroid dienone is 18. The molecular weight excluding hydrogens is 1230 g/mol. The number of hydrogen-bond acceptors (Lipinski definition) is 8. The Morgan fingerprint density at radius 3 is 0.878 bits per heavy atom. The van der Waals surface area contributed by atoms with Crippen molar-refractivity contribution in [3.05, 3.63) is 109 Å². The second kappa shape index (κ2) is 77.8. The van der Waals surface area contributed by atoms with Gasteiger partial charge in [-0.05, 0) is 103 Å². The van der Waals surface area contributed by atoms with Crippen molar-refractivity contribution in [3.63, 3.8) is 0 Å². The Hall–Kier alpha value is -3.33. The number of nitrogens with zero attached hydrogens (tertiary/aromatic N) is 1. The van der Waals surface area contributed by atoms with E-state index < -0.39 is 26.5 Å². The molecule has 0 aromatic carbocycles. The monoisotopic (exact) mass is 1390 g/mol. The molecule has 0 bridgehead atoms. The summed E-state index contributed by atoms with van der Waals surface area (Å²) in [5, 5.41) is 0. The van der Waals surface area contributed by atoms with Gasteiger partial charge in [0.05, 0.1) is 27.7 Å². The van der Waals surface area contributed by atoms with Crippen LogP contribution in [0.4, 0.5) is 0 Å². The van der Waals surface area contributed by atoms with Crippen molar-refractivity contribution in [2.45, 2.75) is 392 Å². The minimum Gasteiger partial charge on any atom is -0.756 e. The van der Waals surface area contributed by atoms with Gasteiger partial charge in [0, 0.05) is 12.8 Å². The minimum atomic E-state index is -4.65. The van der Waals surface area contributed by atoms with E-state index in [9.17, 15) is 19.0 Å². The molecule has 0 aliphatic heterocycles. The molecule has 0 N–H and O–H groups in total. The van der Waals surface area contributed by atoms with Gasteiger partial charge >= 0.3 is 11.9 Å². The van der Waals surface area contributed by atoms with Gasteiger partial charge in [0.25, 0.3) is 7.82 Å². The number of quaternary nitrogens is 1. The van der Waals surface area contributed by atoms with E-state index in [-0.39, 0.29) is 32.0 Å². The maximum atomic E-state index is 12.9.